The summed E-state index contributed by atoms with van der Waals surface area (Å²) in [5.41, 5.74) is 9.01. The molecule has 3 N–H and O–H groups in total. The second kappa shape index (κ2) is 5.61. The molecule has 0 aromatic heterocycles. The number of nitrogens with zero attached hydrogens (tertiary/aromatic N) is 1. The zero-order valence-corrected chi connectivity index (χ0v) is 11.9. The number of nitrogens with two attached hydrogens (primary N) is 1. The summed E-state index contributed by atoms with van der Waals surface area (Å²) < 4.78 is 0. The van der Waals surface area contributed by atoms with Gasteiger partial charge in [0.2, 0.25) is 0 Å². The highest BCUT2D eigenvalue weighted by molar-refractivity contribution is 5.96. The highest BCUT2D eigenvalue weighted by Gasteiger charge is 2.31. The SMILES string of the molecule is Cc1cccc(C(C)C)c1N1CC(CCN)NC1=O. The van der Waals surface area contributed by atoms with Gasteiger partial charge in [0.25, 0.3) is 0 Å². The Bertz CT molecular complexity index is 470. The van der Waals surface area contributed by atoms with E-state index in [-0.39, 0.29) is 12.1 Å². The van der Waals surface area contributed by atoms with Crippen molar-refractivity contribution in [3.8, 4) is 0 Å². The van der Waals surface area contributed by atoms with Crippen molar-refractivity contribution < 1.29 is 4.79 Å². The summed E-state index contributed by atoms with van der Waals surface area (Å²) in [6.45, 7) is 7.68. The summed E-state index contributed by atoms with van der Waals surface area (Å²) in [5, 5.41) is 3.00. The predicted octanol–water partition coefficient (Wildman–Crippen LogP) is 2.37. The molecule has 2 amide bonds. The molecule has 0 radical (unpaired) electrons. The zero-order chi connectivity index (χ0) is 14.0. The minimum atomic E-state index is -0.00495. The number of hydrogen-bond donors (Lipinski definition) is 2. The van der Waals surface area contributed by atoms with Crippen molar-refractivity contribution in [1.29, 1.82) is 0 Å². The molecule has 1 atom stereocenters. The molecule has 104 valence electrons. The Balaban J connectivity index is 2.34. The van der Waals surface area contributed by atoms with E-state index in [1.807, 2.05) is 4.90 Å². The lowest BCUT2D eigenvalue weighted by Gasteiger charge is -2.23. The molecule has 1 fully saturated rings. The Hall–Kier alpha value is -1.55. The van der Waals surface area contributed by atoms with E-state index in [2.05, 4.69) is 44.3 Å². The van der Waals surface area contributed by atoms with Gasteiger partial charge in [0, 0.05) is 12.6 Å². The van der Waals surface area contributed by atoms with E-state index < -0.39 is 0 Å². The summed E-state index contributed by atoms with van der Waals surface area (Å²) in [6.07, 6.45) is 0.825. The summed E-state index contributed by atoms with van der Waals surface area (Å²) in [6, 6.07) is 6.38. The van der Waals surface area contributed by atoms with Crippen molar-refractivity contribution in [1.82, 2.24) is 5.32 Å². The third-order valence-electron chi connectivity index (χ3n) is 3.65. The van der Waals surface area contributed by atoms with Gasteiger partial charge in [-0.15, -0.1) is 0 Å². The maximum atomic E-state index is 12.2. The summed E-state index contributed by atoms with van der Waals surface area (Å²) in [4.78, 5) is 14.0. The van der Waals surface area contributed by atoms with Crippen LogP contribution < -0.4 is 16.0 Å². The molecule has 0 spiro atoms. The van der Waals surface area contributed by atoms with Crippen LogP contribution in [0.1, 0.15) is 37.3 Å². The largest absolute Gasteiger partial charge is 0.333 e. The molecule has 1 aromatic rings. The van der Waals surface area contributed by atoms with Crippen molar-refractivity contribution in [2.45, 2.75) is 39.2 Å². The molecule has 2 rings (SSSR count). The molecule has 1 aliphatic heterocycles. The maximum Gasteiger partial charge on any atom is 0.322 e. The van der Waals surface area contributed by atoms with E-state index in [0.717, 1.165) is 17.7 Å². The van der Waals surface area contributed by atoms with Gasteiger partial charge in [-0.3, -0.25) is 4.90 Å². The lowest BCUT2D eigenvalue weighted by molar-refractivity contribution is 0.250. The van der Waals surface area contributed by atoms with Gasteiger partial charge >= 0.3 is 6.03 Å². The highest BCUT2D eigenvalue weighted by atomic mass is 16.2. The van der Waals surface area contributed by atoms with Crippen LogP contribution in [-0.4, -0.2) is 25.2 Å². The molecule has 1 saturated heterocycles. The molecule has 1 heterocycles. The molecule has 4 nitrogen and oxygen atoms in total. The number of rotatable bonds is 4. The third kappa shape index (κ3) is 2.73. The van der Waals surface area contributed by atoms with E-state index >= 15 is 0 Å². The van der Waals surface area contributed by atoms with Crippen LogP contribution in [0.3, 0.4) is 0 Å². The zero-order valence-electron chi connectivity index (χ0n) is 11.9. The van der Waals surface area contributed by atoms with Crippen LogP contribution in [0.15, 0.2) is 18.2 Å². The van der Waals surface area contributed by atoms with Crippen LogP contribution >= 0.6 is 0 Å². The summed E-state index contributed by atoms with van der Waals surface area (Å²) in [7, 11) is 0. The van der Waals surface area contributed by atoms with Crippen LogP contribution in [0.2, 0.25) is 0 Å². The second-order valence-electron chi connectivity index (χ2n) is 5.50. The van der Waals surface area contributed by atoms with E-state index in [4.69, 9.17) is 5.73 Å². The highest BCUT2D eigenvalue weighted by Crippen LogP contribution is 2.32. The molecule has 1 aromatic carbocycles. The third-order valence-corrected chi connectivity index (χ3v) is 3.65. The topological polar surface area (TPSA) is 58.4 Å². The number of benzene rings is 1. The molecule has 0 aliphatic carbocycles. The fourth-order valence-corrected chi connectivity index (χ4v) is 2.68. The van der Waals surface area contributed by atoms with Crippen LogP contribution in [-0.2, 0) is 0 Å². The van der Waals surface area contributed by atoms with Gasteiger partial charge in [-0.05, 0) is 36.9 Å². The monoisotopic (exact) mass is 261 g/mol. The average Bonchev–Trinajstić information content (AvgIpc) is 2.70. The number of amides is 2. The number of aryl methyl sites for hydroxylation is 1. The van der Waals surface area contributed by atoms with Crippen LogP contribution in [0.5, 0.6) is 0 Å². The molecule has 19 heavy (non-hydrogen) atoms. The molecule has 0 bridgehead atoms. The number of para-hydroxylation sites is 1. The quantitative estimate of drug-likeness (QED) is 0.874. The van der Waals surface area contributed by atoms with E-state index in [9.17, 15) is 4.79 Å². The Morgan fingerprint density at radius 2 is 2.21 bits per heavy atom. The first-order valence-corrected chi connectivity index (χ1v) is 6.92. The van der Waals surface area contributed by atoms with Crippen molar-refractivity contribution >= 4 is 11.7 Å². The number of anilines is 1. The first-order valence-electron chi connectivity index (χ1n) is 6.92. The number of urea groups is 1. The lowest BCUT2D eigenvalue weighted by atomic mass is 9.97. The number of hydrogen-bond acceptors (Lipinski definition) is 2. The van der Waals surface area contributed by atoms with Gasteiger partial charge in [0.15, 0.2) is 0 Å². The van der Waals surface area contributed by atoms with Gasteiger partial charge in [-0.25, -0.2) is 4.79 Å². The summed E-state index contributed by atoms with van der Waals surface area (Å²) >= 11 is 0. The first-order chi connectivity index (χ1) is 9.04. The van der Waals surface area contributed by atoms with E-state index in [1.165, 1.54) is 5.56 Å². The van der Waals surface area contributed by atoms with Crippen LogP contribution in [0.25, 0.3) is 0 Å². The first kappa shape index (κ1) is 13.9. The maximum absolute atomic E-state index is 12.2. The van der Waals surface area contributed by atoms with Crippen molar-refractivity contribution in [2.75, 3.05) is 18.0 Å². The Labute approximate surface area is 115 Å². The smallest absolute Gasteiger partial charge is 0.322 e. The fourth-order valence-electron chi connectivity index (χ4n) is 2.68. The lowest BCUT2D eigenvalue weighted by Crippen LogP contribution is -2.30. The Kier molecular flexibility index (Phi) is 4.10. The second-order valence-corrected chi connectivity index (χ2v) is 5.50. The Morgan fingerprint density at radius 3 is 2.84 bits per heavy atom. The Morgan fingerprint density at radius 1 is 1.47 bits per heavy atom. The molecule has 4 heteroatoms. The van der Waals surface area contributed by atoms with Gasteiger partial charge < -0.3 is 11.1 Å². The standard InChI is InChI=1S/C15H23N3O/c1-10(2)13-6-4-5-11(3)14(13)18-9-12(7-8-16)17-15(18)19/h4-6,10,12H,7-9,16H2,1-3H3,(H,17,19). The molecule has 1 unspecified atom stereocenters. The van der Waals surface area contributed by atoms with Gasteiger partial charge in [0.05, 0.1) is 5.69 Å². The minimum Gasteiger partial charge on any atom is -0.333 e. The predicted molar refractivity (Wildman–Crippen MR) is 78.6 cm³/mol. The molecule has 0 saturated carbocycles. The van der Waals surface area contributed by atoms with Crippen molar-refractivity contribution in [3.05, 3.63) is 29.3 Å². The summed E-state index contributed by atoms with van der Waals surface area (Å²) in [5.74, 6) is 0.399. The van der Waals surface area contributed by atoms with Crippen LogP contribution in [0, 0.1) is 6.92 Å². The molecular formula is C15H23N3O. The average molecular weight is 261 g/mol. The van der Waals surface area contributed by atoms with E-state index in [1.54, 1.807) is 0 Å². The number of carbonyl (C=O) groups excluding carboxylic acids is 1. The van der Waals surface area contributed by atoms with Crippen LogP contribution in [0.4, 0.5) is 10.5 Å². The van der Waals surface area contributed by atoms with Gasteiger partial charge in [-0.2, -0.15) is 0 Å². The molecule has 1 aliphatic rings. The van der Waals surface area contributed by atoms with Crippen molar-refractivity contribution in [3.63, 3.8) is 0 Å². The normalized spacial score (nSPS) is 19.1. The molecular weight excluding hydrogens is 238 g/mol. The fraction of sp³-hybridized carbons (Fsp3) is 0.533. The van der Waals surface area contributed by atoms with Gasteiger partial charge in [-0.1, -0.05) is 32.0 Å². The van der Waals surface area contributed by atoms with Crippen molar-refractivity contribution in [2.24, 2.45) is 5.73 Å². The number of carbonyl (C=O) groups is 1. The minimum absolute atomic E-state index is 0.00495. The van der Waals surface area contributed by atoms with E-state index in [0.29, 0.717) is 19.0 Å². The number of nitrogens with one attached hydrogen (secondary N) is 1. The van der Waals surface area contributed by atoms with Gasteiger partial charge in [0.1, 0.15) is 0 Å².